The van der Waals surface area contributed by atoms with Crippen molar-refractivity contribution in [2.24, 2.45) is 0 Å². The standard InChI is InChI=1S/C11H18N2O/c1-2-5-11(14)9-12-8-10-6-3-4-7-13-10/h3-4,6-7,11-12,14H,2,5,8-9H2,1H3. The van der Waals surface area contributed by atoms with Gasteiger partial charge in [-0.15, -0.1) is 0 Å². The topological polar surface area (TPSA) is 45.1 Å². The Labute approximate surface area is 85.2 Å². The quantitative estimate of drug-likeness (QED) is 0.718. The first-order valence-electron chi connectivity index (χ1n) is 5.11. The molecule has 0 aliphatic carbocycles. The number of pyridine rings is 1. The molecule has 0 saturated carbocycles. The van der Waals surface area contributed by atoms with E-state index in [0.717, 1.165) is 25.1 Å². The van der Waals surface area contributed by atoms with E-state index in [1.807, 2.05) is 18.2 Å². The molecule has 78 valence electrons. The highest BCUT2D eigenvalue weighted by Gasteiger charge is 2.01. The number of aliphatic hydroxyl groups excluding tert-OH is 1. The van der Waals surface area contributed by atoms with Crippen molar-refractivity contribution in [3.8, 4) is 0 Å². The molecule has 1 rings (SSSR count). The van der Waals surface area contributed by atoms with E-state index in [4.69, 9.17) is 0 Å². The third-order valence-corrected chi connectivity index (χ3v) is 2.03. The highest BCUT2D eigenvalue weighted by Crippen LogP contribution is 1.95. The minimum absolute atomic E-state index is 0.233. The molecule has 0 saturated heterocycles. The van der Waals surface area contributed by atoms with Gasteiger partial charge in [-0.3, -0.25) is 4.98 Å². The lowest BCUT2D eigenvalue weighted by Crippen LogP contribution is -2.26. The van der Waals surface area contributed by atoms with Crippen molar-refractivity contribution in [1.29, 1.82) is 0 Å². The zero-order valence-corrected chi connectivity index (χ0v) is 8.61. The molecule has 1 aromatic heterocycles. The lowest BCUT2D eigenvalue weighted by atomic mass is 10.2. The van der Waals surface area contributed by atoms with Crippen molar-refractivity contribution in [3.63, 3.8) is 0 Å². The summed E-state index contributed by atoms with van der Waals surface area (Å²) < 4.78 is 0. The van der Waals surface area contributed by atoms with Crippen molar-refractivity contribution >= 4 is 0 Å². The third kappa shape index (κ3) is 4.35. The molecule has 0 radical (unpaired) electrons. The van der Waals surface area contributed by atoms with Crippen molar-refractivity contribution in [2.75, 3.05) is 6.54 Å². The van der Waals surface area contributed by atoms with Gasteiger partial charge in [0.15, 0.2) is 0 Å². The van der Waals surface area contributed by atoms with Crippen LogP contribution in [0.1, 0.15) is 25.5 Å². The molecule has 1 unspecified atom stereocenters. The first kappa shape index (κ1) is 11.1. The molecule has 14 heavy (non-hydrogen) atoms. The van der Waals surface area contributed by atoms with Crippen molar-refractivity contribution in [1.82, 2.24) is 10.3 Å². The monoisotopic (exact) mass is 194 g/mol. The van der Waals surface area contributed by atoms with Crippen molar-refractivity contribution in [2.45, 2.75) is 32.4 Å². The van der Waals surface area contributed by atoms with Crippen LogP contribution in [-0.2, 0) is 6.54 Å². The van der Waals surface area contributed by atoms with Gasteiger partial charge in [-0.1, -0.05) is 19.4 Å². The molecule has 0 bridgehead atoms. The van der Waals surface area contributed by atoms with Crippen LogP contribution in [0.2, 0.25) is 0 Å². The van der Waals surface area contributed by atoms with Crippen LogP contribution in [0.5, 0.6) is 0 Å². The molecule has 0 amide bonds. The highest BCUT2D eigenvalue weighted by atomic mass is 16.3. The molecule has 1 heterocycles. The fourth-order valence-corrected chi connectivity index (χ4v) is 1.30. The Balaban J connectivity index is 2.16. The van der Waals surface area contributed by atoms with Crippen molar-refractivity contribution < 1.29 is 5.11 Å². The van der Waals surface area contributed by atoms with Crippen LogP contribution in [0.3, 0.4) is 0 Å². The molecule has 0 aliphatic rings. The smallest absolute Gasteiger partial charge is 0.0664 e. The Morgan fingerprint density at radius 3 is 3.00 bits per heavy atom. The average molecular weight is 194 g/mol. The largest absolute Gasteiger partial charge is 0.392 e. The van der Waals surface area contributed by atoms with Gasteiger partial charge in [0, 0.05) is 19.3 Å². The van der Waals surface area contributed by atoms with Crippen LogP contribution in [0.4, 0.5) is 0 Å². The maximum Gasteiger partial charge on any atom is 0.0664 e. The van der Waals surface area contributed by atoms with Gasteiger partial charge in [0.05, 0.1) is 11.8 Å². The van der Waals surface area contributed by atoms with Gasteiger partial charge in [0.1, 0.15) is 0 Å². The summed E-state index contributed by atoms with van der Waals surface area (Å²) in [4.78, 5) is 4.18. The van der Waals surface area contributed by atoms with E-state index in [9.17, 15) is 5.11 Å². The maximum atomic E-state index is 9.44. The fourth-order valence-electron chi connectivity index (χ4n) is 1.30. The second kappa shape index (κ2) is 6.51. The van der Waals surface area contributed by atoms with Crippen LogP contribution < -0.4 is 5.32 Å². The molecule has 2 N–H and O–H groups in total. The van der Waals surface area contributed by atoms with E-state index >= 15 is 0 Å². The van der Waals surface area contributed by atoms with Crippen LogP contribution >= 0.6 is 0 Å². The van der Waals surface area contributed by atoms with Gasteiger partial charge in [-0.25, -0.2) is 0 Å². The summed E-state index contributed by atoms with van der Waals surface area (Å²) in [6.07, 6.45) is 3.42. The lowest BCUT2D eigenvalue weighted by Gasteiger charge is -2.09. The average Bonchev–Trinajstić information content (AvgIpc) is 2.20. The molecule has 0 aliphatic heterocycles. The summed E-state index contributed by atoms with van der Waals surface area (Å²) in [5, 5.41) is 12.6. The first-order chi connectivity index (χ1) is 6.83. The number of aliphatic hydroxyl groups is 1. The second-order valence-electron chi connectivity index (χ2n) is 3.39. The minimum atomic E-state index is -0.233. The molecule has 0 fully saturated rings. The summed E-state index contributed by atoms with van der Waals surface area (Å²) in [6, 6.07) is 5.83. The molecular weight excluding hydrogens is 176 g/mol. The highest BCUT2D eigenvalue weighted by molar-refractivity contribution is 5.02. The Hall–Kier alpha value is -0.930. The van der Waals surface area contributed by atoms with Gasteiger partial charge in [-0.05, 0) is 18.6 Å². The molecule has 3 nitrogen and oxygen atoms in total. The lowest BCUT2D eigenvalue weighted by molar-refractivity contribution is 0.160. The molecule has 1 aromatic rings. The molecule has 0 spiro atoms. The van der Waals surface area contributed by atoms with E-state index in [1.165, 1.54) is 0 Å². The molecule has 1 atom stereocenters. The number of hydrogen-bond donors (Lipinski definition) is 2. The Kier molecular flexibility index (Phi) is 5.19. The molecule has 3 heteroatoms. The fraction of sp³-hybridized carbons (Fsp3) is 0.545. The number of hydrogen-bond acceptors (Lipinski definition) is 3. The molecule has 0 aromatic carbocycles. The van der Waals surface area contributed by atoms with E-state index in [-0.39, 0.29) is 6.10 Å². The van der Waals surface area contributed by atoms with Gasteiger partial charge < -0.3 is 10.4 Å². The number of nitrogens with zero attached hydrogens (tertiary/aromatic N) is 1. The van der Waals surface area contributed by atoms with Crippen LogP contribution in [0, 0.1) is 0 Å². The first-order valence-corrected chi connectivity index (χ1v) is 5.11. The minimum Gasteiger partial charge on any atom is -0.392 e. The van der Waals surface area contributed by atoms with Crippen LogP contribution in [0.25, 0.3) is 0 Å². The Morgan fingerprint density at radius 1 is 1.50 bits per heavy atom. The third-order valence-electron chi connectivity index (χ3n) is 2.03. The second-order valence-corrected chi connectivity index (χ2v) is 3.39. The zero-order chi connectivity index (χ0) is 10.2. The summed E-state index contributed by atoms with van der Waals surface area (Å²) in [5.41, 5.74) is 1.01. The van der Waals surface area contributed by atoms with Gasteiger partial charge >= 0.3 is 0 Å². The summed E-state index contributed by atoms with van der Waals surface area (Å²) in [7, 11) is 0. The predicted octanol–water partition coefficient (Wildman–Crippen LogP) is 1.33. The predicted molar refractivity (Wildman–Crippen MR) is 56.9 cm³/mol. The van der Waals surface area contributed by atoms with Crippen molar-refractivity contribution in [3.05, 3.63) is 30.1 Å². The van der Waals surface area contributed by atoms with E-state index < -0.39 is 0 Å². The summed E-state index contributed by atoms with van der Waals surface area (Å²) in [5.74, 6) is 0. The van der Waals surface area contributed by atoms with Crippen LogP contribution in [0.15, 0.2) is 24.4 Å². The zero-order valence-electron chi connectivity index (χ0n) is 8.61. The molecular formula is C11H18N2O. The van der Waals surface area contributed by atoms with E-state index in [1.54, 1.807) is 6.20 Å². The van der Waals surface area contributed by atoms with E-state index in [2.05, 4.69) is 17.2 Å². The van der Waals surface area contributed by atoms with E-state index in [0.29, 0.717) is 6.54 Å². The number of nitrogens with one attached hydrogen (secondary N) is 1. The SMILES string of the molecule is CCCC(O)CNCc1ccccn1. The van der Waals surface area contributed by atoms with Gasteiger partial charge in [0.2, 0.25) is 0 Å². The normalized spacial score (nSPS) is 12.7. The number of rotatable bonds is 6. The van der Waals surface area contributed by atoms with Gasteiger partial charge in [-0.2, -0.15) is 0 Å². The van der Waals surface area contributed by atoms with Crippen LogP contribution in [-0.4, -0.2) is 22.7 Å². The Morgan fingerprint density at radius 2 is 2.36 bits per heavy atom. The number of aromatic nitrogens is 1. The van der Waals surface area contributed by atoms with Gasteiger partial charge in [0.25, 0.3) is 0 Å². The summed E-state index contributed by atoms with van der Waals surface area (Å²) in [6.45, 7) is 3.44. The Bertz CT molecular complexity index is 238. The summed E-state index contributed by atoms with van der Waals surface area (Å²) >= 11 is 0. The maximum absolute atomic E-state index is 9.44.